The lowest BCUT2D eigenvalue weighted by Crippen LogP contribution is -2.24. The molecule has 1 rings (SSSR count). The van der Waals surface area contributed by atoms with Crippen LogP contribution in [0, 0.1) is 0 Å². The maximum atomic E-state index is 12.1. The fourth-order valence-corrected chi connectivity index (χ4v) is 2.58. The summed E-state index contributed by atoms with van der Waals surface area (Å²) >= 11 is 0. The van der Waals surface area contributed by atoms with E-state index in [0.29, 0.717) is 0 Å². The molecule has 0 aliphatic heterocycles. The summed E-state index contributed by atoms with van der Waals surface area (Å²) in [5.74, 6) is -0.690. The Morgan fingerprint density at radius 1 is 1.14 bits per heavy atom. The van der Waals surface area contributed by atoms with E-state index >= 15 is 0 Å². The lowest BCUT2D eigenvalue weighted by atomic mass is 10.1. The summed E-state index contributed by atoms with van der Waals surface area (Å²) in [5.41, 5.74) is -0.716. The Morgan fingerprint density at radius 2 is 1.71 bits per heavy atom. The second-order valence-corrected chi connectivity index (χ2v) is 7.68. The Bertz CT molecular complexity index is 645. The van der Waals surface area contributed by atoms with E-state index in [2.05, 4.69) is 0 Å². The van der Waals surface area contributed by atoms with E-state index in [-0.39, 0.29) is 22.0 Å². The van der Waals surface area contributed by atoms with Gasteiger partial charge in [0.1, 0.15) is 10.5 Å². The summed E-state index contributed by atoms with van der Waals surface area (Å²) in [7, 11) is 3.84. The van der Waals surface area contributed by atoms with Crippen molar-refractivity contribution in [1.82, 2.24) is 0 Å². The first-order valence-electron chi connectivity index (χ1n) is 5.93. The first-order valence-corrected chi connectivity index (χ1v) is 8.24. The van der Waals surface area contributed by atoms with Crippen LogP contribution in [-0.2, 0) is 13.8 Å². The van der Waals surface area contributed by atoms with Crippen molar-refractivity contribution in [3.8, 4) is 11.5 Å². The highest BCUT2D eigenvalue weighted by Gasteiger charge is 2.26. The molecule has 0 aliphatic carbocycles. The van der Waals surface area contributed by atoms with Crippen LogP contribution in [0.25, 0.3) is 0 Å². The van der Waals surface area contributed by atoms with Crippen LogP contribution < -0.4 is 9.47 Å². The molecule has 0 bridgehead atoms. The molecule has 118 valence electrons. The van der Waals surface area contributed by atoms with Crippen LogP contribution in [0.5, 0.6) is 11.5 Å². The lowest BCUT2D eigenvalue weighted by Gasteiger charge is -2.20. The van der Waals surface area contributed by atoms with Crippen molar-refractivity contribution in [3.05, 3.63) is 17.7 Å². The molecule has 0 saturated heterocycles. The van der Waals surface area contributed by atoms with Gasteiger partial charge in [0.05, 0.1) is 19.8 Å². The standard InChI is InChI=1S/C13H17ClO6S/c1-13(2,3)20-12(15)8-6-9(18-4)11(19-5)10(7-8)21(14,16)17/h6-7H,1-5H3. The summed E-state index contributed by atoms with van der Waals surface area (Å²) in [6.45, 7) is 5.10. The van der Waals surface area contributed by atoms with Gasteiger partial charge in [0.15, 0.2) is 11.5 Å². The number of carbonyl (C=O) groups is 1. The van der Waals surface area contributed by atoms with Gasteiger partial charge in [0, 0.05) is 10.7 Å². The Morgan fingerprint density at radius 3 is 2.10 bits per heavy atom. The summed E-state index contributed by atoms with van der Waals surface area (Å²) < 4.78 is 38.5. The molecule has 0 saturated carbocycles. The van der Waals surface area contributed by atoms with Crippen LogP contribution in [-0.4, -0.2) is 34.2 Å². The summed E-state index contributed by atoms with van der Waals surface area (Å²) in [4.78, 5) is 11.7. The molecule has 6 nitrogen and oxygen atoms in total. The van der Waals surface area contributed by atoms with Crippen molar-refractivity contribution >= 4 is 25.7 Å². The third kappa shape index (κ3) is 4.50. The van der Waals surface area contributed by atoms with Gasteiger partial charge in [-0.1, -0.05) is 0 Å². The van der Waals surface area contributed by atoms with Crippen molar-refractivity contribution in [2.24, 2.45) is 0 Å². The molecule has 0 aromatic heterocycles. The van der Waals surface area contributed by atoms with E-state index < -0.39 is 20.6 Å². The molecule has 8 heteroatoms. The Kier molecular flexibility index (Phi) is 5.11. The lowest BCUT2D eigenvalue weighted by molar-refractivity contribution is 0.00688. The van der Waals surface area contributed by atoms with Gasteiger partial charge in [-0.05, 0) is 32.9 Å². The van der Waals surface area contributed by atoms with Gasteiger partial charge in [-0.15, -0.1) is 0 Å². The molecule has 0 spiro atoms. The largest absolute Gasteiger partial charge is 0.493 e. The molecule has 0 N–H and O–H groups in total. The maximum absolute atomic E-state index is 12.1. The average Bonchev–Trinajstić information content (AvgIpc) is 2.33. The van der Waals surface area contributed by atoms with E-state index in [9.17, 15) is 13.2 Å². The predicted molar refractivity (Wildman–Crippen MR) is 77.8 cm³/mol. The van der Waals surface area contributed by atoms with E-state index in [1.165, 1.54) is 20.3 Å². The van der Waals surface area contributed by atoms with Crippen LogP contribution >= 0.6 is 10.7 Å². The fraction of sp³-hybridized carbons (Fsp3) is 0.462. The van der Waals surface area contributed by atoms with E-state index in [4.69, 9.17) is 24.9 Å². The predicted octanol–water partition coefficient (Wildman–Crippen LogP) is 2.59. The number of ether oxygens (including phenoxy) is 3. The first-order chi connectivity index (χ1) is 9.49. The SMILES string of the molecule is COc1cc(C(=O)OC(C)(C)C)cc(S(=O)(=O)Cl)c1OC. The Hall–Kier alpha value is -1.47. The van der Waals surface area contributed by atoms with E-state index in [1.54, 1.807) is 20.8 Å². The Balaban J connectivity index is 3.47. The van der Waals surface area contributed by atoms with E-state index in [0.717, 1.165) is 6.07 Å². The number of halogens is 1. The molecular weight excluding hydrogens is 320 g/mol. The zero-order chi connectivity index (χ0) is 16.4. The fourth-order valence-electron chi connectivity index (χ4n) is 1.57. The molecule has 0 amide bonds. The van der Waals surface area contributed by atoms with Crippen LogP contribution in [0.3, 0.4) is 0 Å². The number of hydrogen-bond donors (Lipinski definition) is 0. The molecule has 0 radical (unpaired) electrons. The maximum Gasteiger partial charge on any atom is 0.338 e. The molecule has 1 aromatic carbocycles. The summed E-state index contributed by atoms with van der Waals surface area (Å²) in [6, 6.07) is 2.43. The third-order valence-electron chi connectivity index (χ3n) is 2.34. The monoisotopic (exact) mass is 336 g/mol. The van der Waals surface area contributed by atoms with Gasteiger partial charge >= 0.3 is 5.97 Å². The first kappa shape index (κ1) is 17.6. The van der Waals surface area contributed by atoms with Crippen LogP contribution in [0.2, 0.25) is 0 Å². The zero-order valence-electron chi connectivity index (χ0n) is 12.4. The van der Waals surface area contributed by atoms with Crippen LogP contribution in [0.4, 0.5) is 0 Å². The normalized spacial score (nSPS) is 11.9. The van der Waals surface area contributed by atoms with Crippen molar-refractivity contribution in [1.29, 1.82) is 0 Å². The zero-order valence-corrected chi connectivity index (χ0v) is 14.0. The van der Waals surface area contributed by atoms with E-state index in [1.807, 2.05) is 0 Å². The van der Waals surface area contributed by atoms with Gasteiger partial charge in [0.25, 0.3) is 9.05 Å². The molecule has 0 heterocycles. The van der Waals surface area contributed by atoms with Crippen molar-refractivity contribution in [2.75, 3.05) is 14.2 Å². The highest BCUT2D eigenvalue weighted by Crippen LogP contribution is 2.37. The molecule has 0 fully saturated rings. The van der Waals surface area contributed by atoms with Gasteiger partial charge in [-0.3, -0.25) is 0 Å². The number of hydrogen-bond acceptors (Lipinski definition) is 6. The van der Waals surface area contributed by atoms with Gasteiger partial charge < -0.3 is 14.2 Å². The average molecular weight is 337 g/mol. The number of benzene rings is 1. The Labute approximate surface area is 128 Å². The summed E-state index contributed by atoms with van der Waals surface area (Å²) in [5, 5.41) is 0. The second kappa shape index (κ2) is 6.11. The molecular formula is C13H17ClO6S. The minimum atomic E-state index is -4.12. The highest BCUT2D eigenvalue weighted by molar-refractivity contribution is 8.13. The third-order valence-corrected chi connectivity index (χ3v) is 3.67. The molecule has 0 aliphatic rings. The van der Waals surface area contributed by atoms with Gasteiger partial charge in [-0.25, -0.2) is 13.2 Å². The minimum absolute atomic E-state index is 0.00167. The number of rotatable bonds is 4. The number of esters is 1. The van der Waals surface area contributed by atoms with Crippen molar-refractivity contribution in [2.45, 2.75) is 31.3 Å². The smallest absolute Gasteiger partial charge is 0.338 e. The van der Waals surface area contributed by atoms with Crippen molar-refractivity contribution < 1.29 is 27.4 Å². The topological polar surface area (TPSA) is 78.9 Å². The van der Waals surface area contributed by atoms with Crippen molar-refractivity contribution in [3.63, 3.8) is 0 Å². The number of carbonyl (C=O) groups excluding carboxylic acids is 1. The highest BCUT2D eigenvalue weighted by atomic mass is 35.7. The van der Waals surface area contributed by atoms with Crippen LogP contribution in [0.15, 0.2) is 17.0 Å². The van der Waals surface area contributed by atoms with Crippen LogP contribution in [0.1, 0.15) is 31.1 Å². The minimum Gasteiger partial charge on any atom is -0.493 e. The quantitative estimate of drug-likeness (QED) is 0.621. The van der Waals surface area contributed by atoms with Gasteiger partial charge in [-0.2, -0.15) is 0 Å². The molecule has 0 unspecified atom stereocenters. The molecule has 1 aromatic rings. The molecule has 0 atom stereocenters. The summed E-state index contributed by atoms with van der Waals surface area (Å²) in [6.07, 6.45) is 0. The second-order valence-electron chi connectivity index (χ2n) is 5.15. The molecule has 21 heavy (non-hydrogen) atoms. The van der Waals surface area contributed by atoms with Gasteiger partial charge in [0.2, 0.25) is 0 Å². The number of methoxy groups -OCH3 is 2.